The number of H-pyrrole nitrogens is 1. The van der Waals surface area contributed by atoms with Gasteiger partial charge in [0.25, 0.3) is 5.91 Å². The second-order valence-corrected chi connectivity index (χ2v) is 7.96. The van der Waals surface area contributed by atoms with Crippen LogP contribution in [0.15, 0.2) is 53.1 Å². The number of anilines is 1. The van der Waals surface area contributed by atoms with Crippen LogP contribution in [0.5, 0.6) is 0 Å². The van der Waals surface area contributed by atoms with Gasteiger partial charge in [0.2, 0.25) is 0 Å². The average Bonchev–Trinajstić information content (AvgIpc) is 3.06. The summed E-state index contributed by atoms with van der Waals surface area (Å²) >= 11 is 3.40. The summed E-state index contributed by atoms with van der Waals surface area (Å²) in [5, 5.41) is 4.24. The number of fused-ring (bicyclic) bond motifs is 1. The number of halogens is 1. The van der Waals surface area contributed by atoms with Crippen molar-refractivity contribution in [2.24, 2.45) is 0 Å². The number of likely N-dealkylation sites (tertiary alicyclic amines) is 1. The highest BCUT2D eigenvalue weighted by atomic mass is 79.9. The Hall–Kier alpha value is -2.11. The molecular weight excluding hydrogens is 390 g/mol. The Morgan fingerprint density at radius 1 is 1.15 bits per heavy atom. The van der Waals surface area contributed by atoms with E-state index in [2.05, 4.69) is 50.4 Å². The fourth-order valence-corrected chi connectivity index (χ4v) is 3.95. The SMILES string of the molecule is CN1CCC(c2c[nH]c3ccc(NC(=O)c4ccc(Br)cc4)cc23)CC1. The molecule has 4 rings (SSSR count). The lowest BCUT2D eigenvalue weighted by molar-refractivity contribution is 0.102. The van der Waals surface area contributed by atoms with Gasteiger partial charge in [-0.25, -0.2) is 0 Å². The molecular formula is C21H22BrN3O. The molecule has 2 aromatic carbocycles. The molecule has 1 saturated heterocycles. The lowest BCUT2D eigenvalue weighted by Gasteiger charge is -2.28. The number of nitrogens with zero attached hydrogens (tertiary/aromatic N) is 1. The van der Waals surface area contributed by atoms with Gasteiger partial charge in [-0.1, -0.05) is 15.9 Å². The second-order valence-electron chi connectivity index (χ2n) is 7.04. The quantitative estimate of drug-likeness (QED) is 0.637. The third-order valence-electron chi connectivity index (χ3n) is 5.24. The molecule has 5 heteroatoms. The highest BCUT2D eigenvalue weighted by Gasteiger charge is 2.21. The van der Waals surface area contributed by atoms with Crippen LogP contribution < -0.4 is 5.32 Å². The summed E-state index contributed by atoms with van der Waals surface area (Å²) in [5.74, 6) is 0.491. The van der Waals surface area contributed by atoms with Gasteiger partial charge in [0.05, 0.1) is 0 Å². The third kappa shape index (κ3) is 3.55. The minimum absolute atomic E-state index is 0.0896. The van der Waals surface area contributed by atoms with Crippen LogP contribution in [-0.4, -0.2) is 35.9 Å². The largest absolute Gasteiger partial charge is 0.361 e. The first-order valence-corrected chi connectivity index (χ1v) is 9.76. The van der Waals surface area contributed by atoms with E-state index in [9.17, 15) is 4.79 Å². The molecule has 134 valence electrons. The second kappa shape index (κ2) is 7.25. The molecule has 4 nitrogen and oxygen atoms in total. The van der Waals surface area contributed by atoms with Gasteiger partial charge >= 0.3 is 0 Å². The van der Waals surface area contributed by atoms with Gasteiger partial charge in [-0.15, -0.1) is 0 Å². The summed E-state index contributed by atoms with van der Waals surface area (Å²) in [6, 6.07) is 13.5. The van der Waals surface area contributed by atoms with E-state index in [1.165, 1.54) is 23.8 Å². The van der Waals surface area contributed by atoms with Gasteiger partial charge in [0, 0.05) is 32.8 Å². The molecule has 26 heavy (non-hydrogen) atoms. The van der Waals surface area contributed by atoms with E-state index >= 15 is 0 Å². The van der Waals surface area contributed by atoms with E-state index in [0.29, 0.717) is 11.5 Å². The van der Waals surface area contributed by atoms with Crippen LogP contribution in [0.25, 0.3) is 10.9 Å². The Kier molecular flexibility index (Phi) is 4.83. The van der Waals surface area contributed by atoms with E-state index in [-0.39, 0.29) is 5.91 Å². The van der Waals surface area contributed by atoms with Crippen molar-refractivity contribution in [2.45, 2.75) is 18.8 Å². The van der Waals surface area contributed by atoms with Crippen LogP contribution in [0.3, 0.4) is 0 Å². The standard InChI is InChI=1S/C21H22BrN3O/c1-25-10-8-14(9-11-25)19-13-23-20-7-6-17(12-18(19)20)24-21(26)15-2-4-16(22)5-3-15/h2-7,12-14,23H,8-11H2,1H3,(H,24,26). The molecule has 0 radical (unpaired) electrons. The van der Waals surface area contributed by atoms with Gasteiger partial charge in [-0.05, 0) is 86.9 Å². The van der Waals surface area contributed by atoms with Crippen LogP contribution in [0.4, 0.5) is 5.69 Å². The molecule has 0 atom stereocenters. The molecule has 3 aromatic rings. The fourth-order valence-electron chi connectivity index (χ4n) is 3.68. The Bertz CT molecular complexity index is 924. The zero-order valence-corrected chi connectivity index (χ0v) is 16.3. The molecule has 0 aliphatic carbocycles. The number of aromatic nitrogens is 1. The maximum atomic E-state index is 12.5. The normalized spacial score (nSPS) is 16.1. The van der Waals surface area contributed by atoms with E-state index in [4.69, 9.17) is 0 Å². The number of rotatable bonds is 3. The van der Waals surface area contributed by atoms with Gasteiger partial charge < -0.3 is 15.2 Å². The average molecular weight is 412 g/mol. The maximum absolute atomic E-state index is 12.5. The van der Waals surface area contributed by atoms with Crippen LogP contribution in [0.2, 0.25) is 0 Å². The summed E-state index contributed by atoms with van der Waals surface area (Å²) < 4.78 is 0.963. The fraction of sp³-hybridized carbons (Fsp3) is 0.286. The summed E-state index contributed by atoms with van der Waals surface area (Å²) in [6.45, 7) is 2.27. The van der Waals surface area contributed by atoms with E-state index in [1.54, 1.807) is 0 Å². The summed E-state index contributed by atoms with van der Waals surface area (Å²) in [5.41, 5.74) is 3.98. The summed E-state index contributed by atoms with van der Waals surface area (Å²) in [7, 11) is 2.18. The summed E-state index contributed by atoms with van der Waals surface area (Å²) in [4.78, 5) is 18.3. The van der Waals surface area contributed by atoms with Crippen molar-refractivity contribution in [1.82, 2.24) is 9.88 Å². The van der Waals surface area contributed by atoms with Crippen molar-refractivity contribution in [1.29, 1.82) is 0 Å². The maximum Gasteiger partial charge on any atom is 0.255 e. The molecule has 0 saturated carbocycles. The molecule has 0 spiro atoms. The van der Waals surface area contributed by atoms with Gasteiger partial charge in [0.15, 0.2) is 0 Å². The monoisotopic (exact) mass is 411 g/mol. The number of carbonyl (C=O) groups is 1. The molecule has 1 aliphatic rings. The Labute approximate surface area is 161 Å². The minimum Gasteiger partial charge on any atom is -0.361 e. The number of nitrogens with one attached hydrogen (secondary N) is 2. The Morgan fingerprint density at radius 2 is 1.88 bits per heavy atom. The minimum atomic E-state index is -0.0896. The first-order valence-electron chi connectivity index (χ1n) is 8.96. The molecule has 1 amide bonds. The van der Waals surface area contributed by atoms with Gasteiger partial charge in [-0.3, -0.25) is 4.79 Å². The van der Waals surface area contributed by atoms with Gasteiger partial charge in [-0.2, -0.15) is 0 Å². The lowest BCUT2D eigenvalue weighted by Crippen LogP contribution is -2.29. The number of hydrogen-bond donors (Lipinski definition) is 2. The molecule has 2 N–H and O–H groups in total. The van der Waals surface area contributed by atoms with E-state index in [0.717, 1.165) is 28.8 Å². The number of benzene rings is 2. The smallest absolute Gasteiger partial charge is 0.255 e. The number of piperidine rings is 1. The van der Waals surface area contributed by atoms with Crippen molar-refractivity contribution in [3.05, 3.63) is 64.3 Å². The molecule has 0 bridgehead atoms. The topological polar surface area (TPSA) is 48.1 Å². The zero-order valence-electron chi connectivity index (χ0n) is 14.8. The predicted octanol–water partition coefficient (Wildman–Crippen LogP) is 4.99. The van der Waals surface area contributed by atoms with Gasteiger partial charge in [0.1, 0.15) is 0 Å². The highest BCUT2D eigenvalue weighted by Crippen LogP contribution is 2.34. The van der Waals surface area contributed by atoms with E-state index < -0.39 is 0 Å². The van der Waals surface area contributed by atoms with Crippen molar-refractivity contribution in [3.63, 3.8) is 0 Å². The van der Waals surface area contributed by atoms with E-state index in [1.807, 2.05) is 36.4 Å². The van der Waals surface area contributed by atoms with Crippen molar-refractivity contribution < 1.29 is 4.79 Å². The Balaban J connectivity index is 1.57. The van der Waals surface area contributed by atoms with Crippen molar-refractivity contribution in [3.8, 4) is 0 Å². The molecule has 1 aromatic heterocycles. The third-order valence-corrected chi connectivity index (χ3v) is 5.77. The van der Waals surface area contributed by atoms with Crippen LogP contribution >= 0.6 is 15.9 Å². The zero-order chi connectivity index (χ0) is 18.1. The van der Waals surface area contributed by atoms with Crippen molar-refractivity contribution >= 4 is 38.4 Å². The Morgan fingerprint density at radius 3 is 2.62 bits per heavy atom. The summed E-state index contributed by atoms with van der Waals surface area (Å²) in [6.07, 6.45) is 4.50. The lowest BCUT2D eigenvalue weighted by atomic mass is 9.89. The van der Waals surface area contributed by atoms with Crippen LogP contribution in [0, 0.1) is 0 Å². The first kappa shape index (κ1) is 17.3. The number of carbonyl (C=O) groups excluding carboxylic acids is 1. The van der Waals surface area contributed by atoms with Crippen molar-refractivity contribution in [2.75, 3.05) is 25.5 Å². The van der Waals surface area contributed by atoms with Crippen LogP contribution in [0.1, 0.15) is 34.7 Å². The van der Waals surface area contributed by atoms with Crippen LogP contribution in [-0.2, 0) is 0 Å². The highest BCUT2D eigenvalue weighted by molar-refractivity contribution is 9.10. The number of aromatic amines is 1. The first-order chi connectivity index (χ1) is 12.6. The number of hydrogen-bond acceptors (Lipinski definition) is 2. The molecule has 1 aliphatic heterocycles. The number of amides is 1. The predicted molar refractivity (Wildman–Crippen MR) is 110 cm³/mol. The molecule has 1 fully saturated rings. The molecule has 0 unspecified atom stereocenters. The molecule has 2 heterocycles.